The van der Waals surface area contributed by atoms with Crippen molar-refractivity contribution in [2.45, 2.75) is 24.7 Å². The van der Waals surface area contributed by atoms with Gasteiger partial charge in [0.2, 0.25) is 0 Å². The first-order valence-electron chi connectivity index (χ1n) is 7.11. The number of hydrogen-bond acceptors (Lipinski definition) is 4. The van der Waals surface area contributed by atoms with Gasteiger partial charge in [0.15, 0.2) is 5.58 Å². The van der Waals surface area contributed by atoms with Crippen LogP contribution in [0.2, 0.25) is 0 Å². The summed E-state index contributed by atoms with van der Waals surface area (Å²) in [5.41, 5.74) is 2.19. The van der Waals surface area contributed by atoms with Gasteiger partial charge in [-0.15, -0.1) is 0 Å². The molecule has 3 aromatic rings. The Morgan fingerprint density at radius 1 is 1.13 bits per heavy atom. The van der Waals surface area contributed by atoms with Gasteiger partial charge in [-0.25, -0.2) is 13.2 Å². The number of anilines is 1. The lowest BCUT2D eigenvalue weighted by Gasteiger charge is -2.11. The molecule has 1 aromatic heterocycles. The number of aromatic amines is 1. The molecule has 3 rings (SSSR count). The maximum atomic E-state index is 12.5. The number of sulfonamides is 1. The Labute approximate surface area is 133 Å². The molecule has 0 aliphatic carbocycles. The summed E-state index contributed by atoms with van der Waals surface area (Å²) in [6, 6.07) is 11.5. The van der Waals surface area contributed by atoms with Crippen LogP contribution >= 0.6 is 0 Å². The Balaban J connectivity index is 1.96. The Morgan fingerprint density at radius 2 is 1.91 bits per heavy atom. The molecule has 0 aliphatic rings. The fourth-order valence-corrected chi connectivity index (χ4v) is 3.33. The van der Waals surface area contributed by atoms with Gasteiger partial charge >= 0.3 is 5.76 Å². The van der Waals surface area contributed by atoms with Crippen molar-refractivity contribution in [3.63, 3.8) is 0 Å². The van der Waals surface area contributed by atoms with E-state index >= 15 is 0 Å². The standard InChI is InChI=1S/C16H16N2O4S/c1-10(2)11-4-3-5-12(8-11)18-23(20,21)13-6-7-14-15(9-13)22-16(19)17-14/h3-10,18H,1-2H3,(H,17,19). The molecule has 0 radical (unpaired) electrons. The van der Waals surface area contributed by atoms with Crippen molar-refractivity contribution in [2.75, 3.05) is 4.72 Å². The summed E-state index contributed by atoms with van der Waals surface area (Å²) >= 11 is 0. The van der Waals surface area contributed by atoms with Gasteiger partial charge in [0.1, 0.15) is 0 Å². The molecule has 7 heteroatoms. The zero-order chi connectivity index (χ0) is 16.6. The number of nitrogens with one attached hydrogen (secondary N) is 2. The molecule has 2 N–H and O–H groups in total. The second-order valence-electron chi connectivity index (χ2n) is 5.56. The first-order chi connectivity index (χ1) is 10.8. The summed E-state index contributed by atoms with van der Waals surface area (Å²) < 4.78 is 32.4. The Kier molecular flexibility index (Phi) is 3.73. The third-order valence-electron chi connectivity index (χ3n) is 3.51. The van der Waals surface area contributed by atoms with Crippen LogP contribution in [0.1, 0.15) is 25.3 Å². The smallest absolute Gasteiger partial charge is 0.408 e. The molecular formula is C16H16N2O4S. The van der Waals surface area contributed by atoms with Crippen molar-refractivity contribution >= 4 is 26.8 Å². The topological polar surface area (TPSA) is 92.2 Å². The molecule has 0 fully saturated rings. The molecule has 120 valence electrons. The molecule has 2 aromatic carbocycles. The van der Waals surface area contributed by atoms with Gasteiger partial charge < -0.3 is 4.42 Å². The molecule has 1 heterocycles. The van der Waals surface area contributed by atoms with Crippen molar-refractivity contribution in [1.29, 1.82) is 0 Å². The minimum Gasteiger partial charge on any atom is -0.408 e. The van der Waals surface area contributed by atoms with Crippen molar-refractivity contribution in [2.24, 2.45) is 0 Å². The highest BCUT2D eigenvalue weighted by Crippen LogP contribution is 2.22. The number of hydrogen-bond donors (Lipinski definition) is 2. The SMILES string of the molecule is CC(C)c1cccc(NS(=O)(=O)c2ccc3[nH]c(=O)oc3c2)c1. The molecular weight excluding hydrogens is 316 g/mol. The van der Waals surface area contributed by atoms with Crippen LogP contribution in [0, 0.1) is 0 Å². The van der Waals surface area contributed by atoms with Crippen LogP contribution in [0.25, 0.3) is 11.1 Å². The van der Waals surface area contributed by atoms with E-state index in [-0.39, 0.29) is 10.5 Å². The maximum Gasteiger partial charge on any atom is 0.417 e. The lowest BCUT2D eigenvalue weighted by Crippen LogP contribution is -2.13. The van der Waals surface area contributed by atoms with Crippen LogP contribution in [-0.2, 0) is 10.0 Å². The average molecular weight is 332 g/mol. The van der Waals surface area contributed by atoms with Crippen molar-refractivity contribution in [1.82, 2.24) is 4.98 Å². The molecule has 0 saturated heterocycles. The first-order valence-corrected chi connectivity index (χ1v) is 8.59. The Morgan fingerprint density at radius 3 is 2.65 bits per heavy atom. The molecule has 0 saturated carbocycles. The van der Waals surface area contributed by atoms with Gasteiger partial charge in [-0.2, -0.15) is 0 Å². The van der Waals surface area contributed by atoms with Gasteiger partial charge in [0, 0.05) is 11.8 Å². The van der Waals surface area contributed by atoms with E-state index in [1.807, 2.05) is 26.0 Å². The van der Waals surface area contributed by atoms with Crippen LogP contribution in [0.15, 0.2) is 56.6 Å². The van der Waals surface area contributed by atoms with E-state index in [2.05, 4.69) is 9.71 Å². The van der Waals surface area contributed by atoms with Crippen LogP contribution in [0.4, 0.5) is 5.69 Å². The number of H-pyrrole nitrogens is 1. The van der Waals surface area contributed by atoms with Crippen LogP contribution in [0.3, 0.4) is 0 Å². The second-order valence-corrected chi connectivity index (χ2v) is 7.24. The van der Waals surface area contributed by atoms with E-state index in [4.69, 9.17) is 4.42 Å². The maximum absolute atomic E-state index is 12.5. The summed E-state index contributed by atoms with van der Waals surface area (Å²) in [4.78, 5) is 13.7. The van der Waals surface area contributed by atoms with Crippen LogP contribution in [0.5, 0.6) is 0 Å². The zero-order valence-corrected chi connectivity index (χ0v) is 13.5. The quantitative estimate of drug-likeness (QED) is 0.768. The molecule has 0 aliphatic heterocycles. The van der Waals surface area contributed by atoms with Gasteiger partial charge in [-0.3, -0.25) is 9.71 Å². The summed E-state index contributed by atoms with van der Waals surface area (Å²) in [6.45, 7) is 4.07. The number of oxazole rings is 1. The molecule has 0 atom stereocenters. The molecule has 0 bridgehead atoms. The third-order valence-corrected chi connectivity index (χ3v) is 4.89. The molecule has 23 heavy (non-hydrogen) atoms. The highest BCUT2D eigenvalue weighted by molar-refractivity contribution is 7.92. The Bertz CT molecular complexity index is 1020. The van der Waals surface area contributed by atoms with Crippen molar-refractivity contribution in [3.8, 4) is 0 Å². The van der Waals surface area contributed by atoms with Gasteiger partial charge in [0.25, 0.3) is 10.0 Å². The largest absolute Gasteiger partial charge is 0.417 e. The molecule has 0 unspecified atom stereocenters. The van der Waals surface area contributed by atoms with E-state index in [0.29, 0.717) is 17.1 Å². The predicted octanol–water partition coefficient (Wildman–Crippen LogP) is 3.05. The average Bonchev–Trinajstić information content (AvgIpc) is 2.86. The van der Waals surface area contributed by atoms with E-state index in [9.17, 15) is 13.2 Å². The van der Waals surface area contributed by atoms with E-state index in [1.54, 1.807) is 12.1 Å². The fraction of sp³-hybridized carbons (Fsp3) is 0.188. The highest BCUT2D eigenvalue weighted by atomic mass is 32.2. The van der Waals surface area contributed by atoms with E-state index in [1.165, 1.54) is 18.2 Å². The van der Waals surface area contributed by atoms with Crippen molar-refractivity contribution < 1.29 is 12.8 Å². The summed E-state index contributed by atoms with van der Waals surface area (Å²) in [7, 11) is -3.76. The van der Waals surface area contributed by atoms with Gasteiger partial charge in [-0.1, -0.05) is 26.0 Å². The number of benzene rings is 2. The number of fused-ring (bicyclic) bond motifs is 1. The summed E-state index contributed by atoms with van der Waals surface area (Å²) in [5, 5.41) is 0. The highest BCUT2D eigenvalue weighted by Gasteiger charge is 2.16. The van der Waals surface area contributed by atoms with E-state index in [0.717, 1.165) is 5.56 Å². The zero-order valence-electron chi connectivity index (χ0n) is 12.7. The summed E-state index contributed by atoms with van der Waals surface area (Å²) in [5.74, 6) is -0.322. The minimum atomic E-state index is -3.76. The molecule has 0 amide bonds. The Hall–Kier alpha value is -2.54. The van der Waals surface area contributed by atoms with Gasteiger partial charge in [0.05, 0.1) is 10.4 Å². The lowest BCUT2D eigenvalue weighted by atomic mass is 10.0. The lowest BCUT2D eigenvalue weighted by molar-refractivity contribution is 0.554. The molecule has 6 nitrogen and oxygen atoms in total. The molecule has 0 spiro atoms. The second kappa shape index (κ2) is 5.58. The normalized spacial score (nSPS) is 12.0. The van der Waals surface area contributed by atoms with Crippen molar-refractivity contribution in [3.05, 3.63) is 58.6 Å². The van der Waals surface area contributed by atoms with Crippen LogP contribution in [-0.4, -0.2) is 13.4 Å². The minimum absolute atomic E-state index is 0.0303. The summed E-state index contributed by atoms with van der Waals surface area (Å²) in [6.07, 6.45) is 0. The van der Waals surface area contributed by atoms with Gasteiger partial charge in [-0.05, 0) is 35.7 Å². The predicted molar refractivity (Wildman–Crippen MR) is 88.2 cm³/mol. The first kappa shape index (κ1) is 15.4. The third kappa shape index (κ3) is 3.14. The monoisotopic (exact) mass is 332 g/mol. The van der Waals surface area contributed by atoms with E-state index < -0.39 is 15.8 Å². The van der Waals surface area contributed by atoms with Crippen LogP contribution < -0.4 is 10.5 Å². The number of aromatic nitrogens is 1. The fourth-order valence-electron chi connectivity index (χ4n) is 2.27. The number of rotatable bonds is 4.